The van der Waals surface area contributed by atoms with Crippen LogP contribution in [0, 0.1) is 14.2 Å². The van der Waals surface area contributed by atoms with Gasteiger partial charge in [0.15, 0.2) is 4.77 Å². The van der Waals surface area contributed by atoms with Crippen molar-refractivity contribution in [2.75, 3.05) is 19.6 Å². The first kappa shape index (κ1) is 14.5. The van der Waals surface area contributed by atoms with E-state index in [9.17, 15) is 4.39 Å². The zero-order valence-corrected chi connectivity index (χ0v) is 14.3. The Balaban J connectivity index is 2.08. The van der Waals surface area contributed by atoms with Crippen LogP contribution in [-0.4, -0.2) is 34.1 Å². The standard InChI is InChI=1S/C14H17FIN3S/c1-2-18-5-3-4-9(8-18)19-13-6-10(15)11(16)7-12(13)17-14(19)20/h6-7,9H,2-5,8H2,1H3,(H,17,20). The third-order valence-electron chi connectivity index (χ3n) is 4.05. The lowest BCUT2D eigenvalue weighted by Crippen LogP contribution is -2.36. The molecule has 1 aromatic carbocycles. The highest BCUT2D eigenvalue weighted by atomic mass is 127. The average molecular weight is 405 g/mol. The number of benzene rings is 1. The molecule has 0 aliphatic carbocycles. The summed E-state index contributed by atoms with van der Waals surface area (Å²) in [5.74, 6) is -0.177. The minimum Gasteiger partial charge on any atom is -0.331 e. The van der Waals surface area contributed by atoms with Gasteiger partial charge in [-0.05, 0) is 66.8 Å². The van der Waals surface area contributed by atoms with Gasteiger partial charge >= 0.3 is 0 Å². The van der Waals surface area contributed by atoms with E-state index in [1.807, 2.05) is 28.7 Å². The zero-order chi connectivity index (χ0) is 14.3. The molecule has 1 aliphatic heterocycles. The Labute approximate surface area is 136 Å². The molecular weight excluding hydrogens is 388 g/mol. The van der Waals surface area contributed by atoms with Crippen LogP contribution in [0.4, 0.5) is 4.39 Å². The fraction of sp³-hybridized carbons (Fsp3) is 0.500. The predicted octanol–water partition coefficient (Wildman–Crippen LogP) is 4.10. The summed E-state index contributed by atoms with van der Waals surface area (Å²) < 4.78 is 17.3. The van der Waals surface area contributed by atoms with Crippen LogP contribution in [0.1, 0.15) is 25.8 Å². The van der Waals surface area contributed by atoms with Gasteiger partial charge in [-0.2, -0.15) is 0 Å². The predicted molar refractivity (Wildman–Crippen MR) is 90.2 cm³/mol. The molecule has 1 aromatic heterocycles. The Hall–Kier alpha value is -0.470. The normalized spacial score (nSPS) is 20.6. The van der Waals surface area contributed by atoms with Crippen LogP contribution in [0.5, 0.6) is 0 Å². The minimum atomic E-state index is -0.177. The number of H-pyrrole nitrogens is 1. The van der Waals surface area contributed by atoms with Gasteiger partial charge in [0.1, 0.15) is 5.82 Å². The summed E-state index contributed by atoms with van der Waals surface area (Å²) in [4.78, 5) is 5.64. The van der Waals surface area contributed by atoms with E-state index >= 15 is 0 Å². The van der Waals surface area contributed by atoms with Crippen molar-refractivity contribution in [2.24, 2.45) is 0 Å². The number of likely N-dealkylation sites (tertiary alicyclic amines) is 1. The number of nitrogens with one attached hydrogen (secondary N) is 1. The van der Waals surface area contributed by atoms with Gasteiger partial charge in [-0.25, -0.2) is 4.39 Å². The lowest BCUT2D eigenvalue weighted by atomic mass is 10.1. The van der Waals surface area contributed by atoms with Gasteiger partial charge in [-0.3, -0.25) is 0 Å². The molecule has 1 N–H and O–H groups in total. The molecule has 2 heterocycles. The number of hydrogen-bond acceptors (Lipinski definition) is 2. The maximum atomic E-state index is 13.9. The molecule has 0 bridgehead atoms. The van der Waals surface area contributed by atoms with Crippen molar-refractivity contribution in [1.82, 2.24) is 14.5 Å². The van der Waals surface area contributed by atoms with Crippen LogP contribution < -0.4 is 0 Å². The number of imidazole rings is 1. The van der Waals surface area contributed by atoms with E-state index in [2.05, 4.69) is 21.4 Å². The van der Waals surface area contributed by atoms with Crippen LogP contribution >= 0.6 is 34.8 Å². The molecule has 6 heteroatoms. The highest BCUT2D eigenvalue weighted by molar-refractivity contribution is 14.1. The first-order valence-corrected chi connectivity index (χ1v) is 8.40. The summed E-state index contributed by atoms with van der Waals surface area (Å²) in [6.07, 6.45) is 2.27. The highest BCUT2D eigenvalue weighted by Gasteiger charge is 2.22. The Morgan fingerprint density at radius 1 is 1.50 bits per heavy atom. The van der Waals surface area contributed by atoms with Gasteiger partial charge in [0.25, 0.3) is 0 Å². The van der Waals surface area contributed by atoms with Crippen LogP contribution in [0.25, 0.3) is 11.0 Å². The third-order valence-corrected chi connectivity index (χ3v) is 5.18. The second-order valence-corrected chi connectivity index (χ2v) is 6.82. The van der Waals surface area contributed by atoms with Crippen molar-refractivity contribution in [2.45, 2.75) is 25.8 Å². The van der Waals surface area contributed by atoms with Crippen molar-refractivity contribution in [3.63, 3.8) is 0 Å². The molecule has 108 valence electrons. The van der Waals surface area contributed by atoms with E-state index in [0.717, 1.165) is 37.1 Å². The molecule has 3 nitrogen and oxygen atoms in total. The molecule has 0 spiro atoms. The van der Waals surface area contributed by atoms with E-state index < -0.39 is 0 Å². The largest absolute Gasteiger partial charge is 0.331 e. The molecule has 0 saturated carbocycles. The van der Waals surface area contributed by atoms with Crippen molar-refractivity contribution < 1.29 is 4.39 Å². The van der Waals surface area contributed by atoms with Crippen molar-refractivity contribution in [3.8, 4) is 0 Å². The quantitative estimate of drug-likeness (QED) is 0.601. The third kappa shape index (κ3) is 2.53. The second kappa shape index (κ2) is 5.73. The molecule has 0 radical (unpaired) electrons. The first-order valence-electron chi connectivity index (χ1n) is 6.91. The van der Waals surface area contributed by atoms with E-state index in [1.165, 1.54) is 6.42 Å². The van der Waals surface area contributed by atoms with Gasteiger partial charge in [0, 0.05) is 18.7 Å². The molecule has 20 heavy (non-hydrogen) atoms. The number of aromatic nitrogens is 2. The smallest absolute Gasteiger partial charge is 0.178 e. The maximum absolute atomic E-state index is 13.9. The minimum absolute atomic E-state index is 0.177. The number of aromatic amines is 1. The van der Waals surface area contributed by atoms with Crippen molar-refractivity contribution in [1.29, 1.82) is 0 Å². The molecule has 3 rings (SSSR count). The van der Waals surface area contributed by atoms with Gasteiger partial charge in [0.2, 0.25) is 0 Å². The Kier molecular flexibility index (Phi) is 4.14. The van der Waals surface area contributed by atoms with Crippen molar-refractivity contribution in [3.05, 3.63) is 26.3 Å². The van der Waals surface area contributed by atoms with Crippen molar-refractivity contribution >= 4 is 45.8 Å². The fourth-order valence-electron chi connectivity index (χ4n) is 3.01. The molecule has 1 saturated heterocycles. The molecule has 1 aliphatic rings. The fourth-order valence-corrected chi connectivity index (χ4v) is 3.84. The van der Waals surface area contributed by atoms with Crippen LogP contribution in [0.2, 0.25) is 0 Å². The zero-order valence-electron chi connectivity index (χ0n) is 11.3. The number of piperidine rings is 1. The summed E-state index contributed by atoms with van der Waals surface area (Å²) in [7, 11) is 0. The molecule has 1 fully saturated rings. The van der Waals surface area contributed by atoms with Gasteiger partial charge in [0.05, 0.1) is 14.6 Å². The average Bonchev–Trinajstić information content (AvgIpc) is 2.74. The summed E-state index contributed by atoms with van der Waals surface area (Å²) in [5, 5.41) is 0. The Morgan fingerprint density at radius 2 is 2.30 bits per heavy atom. The summed E-state index contributed by atoms with van der Waals surface area (Å²) in [6, 6.07) is 3.77. The number of hydrogen-bond donors (Lipinski definition) is 1. The van der Waals surface area contributed by atoms with E-state index in [1.54, 1.807) is 6.07 Å². The topological polar surface area (TPSA) is 24.0 Å². The van der Waals surface area contributed by atoms with Crippen LogP contribution in [0.3, 0.4) is 0 Å². The number of nitrogens with zero attached hydrogens (tertiary/aromatic N) is 2. The first-order chi connectivity index (χ1) is 9.60. The second-order valence-electron chi connectivity index (χ2n) is 5.27. The maximum Gasteiger partial charge on any atom is 0.178 e. The van der Waals surface area contributed by atoms with Crippen LogP contribution in [-0.2, 0) is 0 Å². The highest BCUT2D eigenvalue weighted by Crippen LogP contribution is 2.28. The summed E-state index contributed by atoms with van der Waals surface area (Å²) >= 11 is 7.47. The lowest BCUT2D eigenvalue weighted by molar-refractivity contribution is 0.186. The lowest BCUT2D eigenvalue weighted by Gasteiger charge is -2.32. The van der Waals surface area contributed by atoms with E-state index in [4.69, 9.17) is 12.2 Å². The van der Waals surface area contributed by atoms with Gasteiger partial charge in [-0.15, -0.1) is 0 Å². The number of fused-ring (bicyclic) bond motifs is 1. The summed E-state index contributed by atoms with van der Waals surface area (Å²) in [5.41, 5.74) is 1.81. The monoisotopic (exact) mass is 405 g/mol. The number of likely N-dealkylation sites (N-methyl/N-ethyl adjacent to an activating group) is 1. The molecule has 2 aromatic rings. The molecular formula is C14H17FIN3S. The van der Waals surface area contributed by atoms with Gasteiger partial charge < -0.3 is 14.5 Å². The van der Waals surface area contributed by atoms with E-state index in [0.29, 0.717) is 14.4 Å². The van der Waals surface area contributed by atoms with E-state index in [-0.39, 0.29) is 5.82 Å². The number of halogens is 2. The number of rotatable bonds is 2. The Bertz CT molecular complexity index is 694. The summed E-state index contributed by atoms with van der Waals surface area (Å²) in [6.45, 7) is 5.37. The van der Waals surface area contributed by atoms with Crippen LogP contribution in [0.15, 0.2) is 12.1 Å². The van der Waals surface area contributed by atoms with Gasteiger partial charge in [-0.1, -0.05) is 6.92 Å². The molecule has 0 amide bonds. The molecule has 1 atom stereocenters. The molecule has 1 unspecified atom stereocenters. The Morgan fingerprint density at radius 3 is 3.05 bits per heavy atom. The SMILES string of the molecule is CCN1CCCC(n2c(=S)[nH]c3cc(I)c(F)cc32)C1.